The second-order valence-corrected chi connectivity index (χ2v) is 6.70. The molecule has 114 valence electrons. The Morgan fingerprint density at radius 1 is 1.30 bits per heavy atom. The lowest BCUT2D eigenvalue weighted by atomic mass is 9.76. The number of anilines is 1. The molecule has 1 aromatic heterocycles. The summed E-state index contributed by atoms with van der Waals surface area (Å²) in [5.41, 5.74) is 0.483. The average molecular weight is 280 g/mol. The molecular weight excluding hydrogens is 252 g/mol. The van der Waals surface area contributed by atoms with Crippen molar-refractivity contribution in [3.05, 3.63) is 5.89 Å². The van der Waals surface area contributed by atoms with Gasteiger partial charge in [-0.15, -0.1) is 5.10 Å². The zero-order valence-corrected chi connectivity index (χ0v) is 13.2. The van der Waals surface area contributed by atoms with Crippen molar-refractivity contribution >= 4 is 6.01 Å². The smallest absolute Gasteiger partial charge is 0.315 e. The Kier molecular flexibility index (Phi) is 5.02. The summed E-state index contributed by atoms with van der Waals surface area (Å²) in [6.45, 7) is 9.84. The second kappa shape index (κ2) is 6.57. The average Bonchev–Trinajstić information content (AvgIpc) is 2.87. The van der Waals surface area contributed by atoms with E-state index in [9.17, 15) is 0 Å². The van der Waals surface area contributed by atoms with Crippen LogP contribution in [0.5, 0.6) is 0 Å². The van der Waals surface area contributed by atoms with E-state index in [1.165, 1.54) is 25.7 Å². The summed E-state index contributed by atoms with van der Waals surface area (Å²) < 4.78 is 5.70. The van der Waals surface area contributed by atoms with Crippen LogP contribution in [0.25, 0.3) is 0 Å². The first-order valence-electron chi connectivity index (χ1n) is 7.83. The highest BCUT2D eigenvalue weighted by Crippen LogP contribution is 2.36. The van der Waals surface area contributed by atoms with Gasteiger partial charge in [-0.3, -0.25) is 0 Å². The lowest BCUT2D eigenvalue weighted by Crippen LogP contribution is -2.29. The van der Waals surface area contributed by atoms with Crippen LogP contribution >= 0.6 is 0 Å². The molecule has 20 heavy (non-hydrogen) atoms. The third-order valence-electron chi connectivity index (χ3n) is 4.18. The monoisotopic (exact) mass is 280 g/mol. The van der Waals surface area contributed by atoms with Crippen molar-refractivity contribution in [3.63, 3.8) is 0 Å². The highest BCUT2D eigenvalue weighted by atomic mass is 16.4. The van der Waals surface area contributed by atoms with E-state index in [-0.39, 0.29) is 6.04 Å². The molecule has 1 aliphatic rings. The van der Waals surface area contributed by atoms with Crippen LogP contribution in [-0.2, 0) is 0 Å². The number of rotatable bonds is 6. The minimum absolute atomic E-state index is 0.114. The van der Waals surface area contributed by atoms with Gasteiger partial charge in [0.15, 0.2) is 0 Å². The predicted octanol–water partition coefficient (Wildman–Crippen LogP) is 3.51. The molecule has 0 amide bonds. The van der Waals surface area contributed by atoms with Crippen molar-refractivity contribution in [1.29, 1.82) is 0 Å². The van der Waals surface area contributed by atoms with Gasteiger partial charge in [-0.25, -0.2) is 0 Å². The van der Waals surface area contributed by atoms with Gasteiger partial charge in [0.25, 0.3) is 0 Å². The Morgan fingerprint density at radius 2 is 2.00 bits per heavy atom. The third-order valence-corrected chi connectivity index (χ3v) is 4.18. The number of hydrogen-bond acceptors (Lipinski definition) is 5. The molecule has 0 aromatic carbocycles. The van der Waals surface area contributed by atoms with Gasteiger partial charge in [0.1, 0.15) is 0 Å². The molecular formula is C15H28N4O. The van der Waals surface area contributed by atoms with Crippen LogP contribution < -0.4 is 10.6 Å². The van der Waals surface area contributed by atoms with E-state index in [1.54, 1.807) is 0 Å². The molecule has 0 aliphatic heterocycles. The van der Waals surface area contributed by atoms with E-state index < -0.39 is 0 Å². The molecule has 1 unspecified atom stereocenters. The summed E-state index contributed by atoms with van der Waals surface area (Å²) in [5.74, 6) is 0.664. The predicted molar refractivity (Wildman–Crippen MR) is 80.7 cm³/mol. The van der Waals surface area contributed by atoms with Gasteiger partial charge in [0.2, 0.25) is 5.89 Å². The maximum atomic E-state index is 5.70. The lowest BCUT2D eigenvalue weighted by Gasteiger charge is -2.34. The lowest BCUT2D eigenvalue weighted by molar-refractivity contribution is 0.231. The molecule has 5 nitrogen and oxygen atoms in total. The van der Waals surface area contributed by atoms with Crippen LogP contribution in [0.1, 0.15) is 71.7 Å². The van der Waals surface area contributed by atoms with Gasteiger partial charge < -0.3 is 15.1 Å². The fourth-order valence-electron chi connectivity index (χ4n) is 2.63. The molecule has 5 heteroatoms. The zero-order chi connectivity index (χ0) is 14.6. The summed E-state index contributed by atoms with van der Waals surface area (Å²) in [7, 11) is 0. The van der Waals surface area contributed by atoms with Crippen LogP contribution in [-0.4, -0.2) is 22.8 Å². The first-order chi connectivity index (χ1) is 9.50. The molecule has 0 saturated heterocycles. The van der Waals surface area contributed by atoms with Gasteiger partial charge in [0.05, 0.1) is 6.04 Å². The van der Waals surface area contributed by atoms with Crippen LogP contribution in [0.2, 0.25) is 0 Å². The SMILES string of the molecule is CCCNC(C)c1nnc(NC2CCC(C)(C)CC2)o1. The highest BCUT2D eigenvalue weighted by Gasteiger charge is 2.27. The van der Waals surface area contributed by atoms with Crippen molar-refractivity contribution < 1.29 is 4.42 Å². The van der Waals surface area contributed by atoms with E-state index in [0.717, 1.165) is 13.0 Å². The first-order valence-corrected chi connectivity index (χ1v) is 7.83. The zero-order valence-electron chi connectivity index (χ0n) is 13.2. The molecule has 1 saturated carbocycles. The fraction of sp³-hybridized carbons (Fsp3) is 0.867. The molecule has 2 N–H and O–H groups in total. The minimum atomic E-state index is 0.114. The van der Waals surface area contributed by atoms with Gasteiger partial charge >= 0.3 is 6.01 Å². The summed E-state index contributed by atoms with van der Waals surface area (Å²) in [4.78, 5) is 0. The van der Waals surface area contributed by atoms with Crippen LogP contribution in [0.3, 0.4) is 0 Å². The molecule has 2 rings (SSSR count). The molecule has 1 aliphatic carbocycles. The maximum Gasteiger partial charge on any atom is 0.315 e. The summed E-state index contributed by atoms with van der Waals surface area (Å²) in [6.07, 6.45) is 5.95. The van der Waals surface area contributed by atoms with Gasteiger partial charge in [-0.05, 0) is 51.0 Å². The minimum Gasteiger partial charge on any atom is -0.406 e. The Labute approximate surface area is 121 Å². The third kappa shape index (κ3) is 4.20. The van der Waals surface area contributed by atoms with Gasteiger partial charge in [-0.1, -0.05) is 25.9 Å². The number of aromatic nitrogens is 2. The Bertz CT molecular complexity index is 406. The molecule has 0 spiro atoms. The van der Waals surface area contributed by atoms with E-state index >= 15 is 0 Å². The summed E-state index contributed by atoms with van der Waals surface area (Å²) in [5, 5.41) is 15.0. The molecule has 1 heterocycles. The topological polar surface area (TPSA) is 63.0 Å². The van der Waals surface area contributed by atoms with Gasteiger partial charge in [0, 0.05) is 6.04 Å². The van der Waals surface area contributed by atoms with E-state index in [2.05, 4.69) is 48.5 Å². The highest BCUT2D eigenvalue weighted by molar-refractivity contribution is 5.20. The maximum absolute atomic E-state index is 5.70. The Balaban J connectivity index is 1.84. The molecule has 1 fully saturated rings. The Hall–Kier alpha value is -1.10. The fourth-order valence-corrected chi connectivity index (χ4v) is 2.63. The quantitative estimate of drug-likeness (QED) is 0.835. The number of hydrogen-bond donors (Lipinski definition) is 2. The van der Waals surface area contributed by atoms with Crippen molar-refractivity contribution in [1.82, 2.24) is 15.5 Å². The summed E-state index contributed by atoms with van der Waals surface area (Å²) in [6, 6.07) is 1.15. The van der Waals surface area contributed by atoms with Crippen molar-refractivity contribution in [2.45, 2.75) is 71.9 Å². The molecule has 0 bridgehead atoms. The van der Waals surface area contributed by atoms with Crippen LogP contribution in [0.4, 0.5) is 6.01 Å². The van der Waals surface area contributed by atoms with E-state index in [4.69, 9.17) is 4.42 Å². The molecule has 1 atom stereocenters. The van der Waals surface area contributed by atoms with Gasteiger partial charge in [-0.2, -0.15) is 0 Å². The van der Waals surface area contributed by atoms with E-state index in [0.29, 0.717) is 23.4 Å². The van der Waals surface area contributed by atoms with E-state index in [1.807, 2.05) is 0 Å². The Morgan fingerprint density at radius 3 is 2.65 bits per heavy atom. The van der Waals surface area contributed by atoms with Crippen molar-refractivity contribution in [2.75, 3.05) is 11.9 Å². The molecule has 1 aromatic rings. The largest absolute Gasteiger partial charge is 0.406 e. The number of nitrogens with zero attached hydrogens (tertiary/aromatic N) is 2. The van der Waals surface area contributed by atoms with Crippen molar-refractivity contribution in [2.24, 2.45) is 5.41 Å². The normalized spacial score (nSPS) is 20.8. The second-order valence-electron chi connectivity index (χ2n) is 6.70. The van der Waals surface area contributed by atoms with Crippen molar-refractivity contribution in [3.8, 4) is 0 Å². The van der Waals surface area contributed by atoms with Crippen LogP contribution in [0.15, 0.2) is 4.42 Å². The molecule has 0 radical (unpaired) electrons. The first kappa shape index (κ1) is 15.3. The summed E-state index contributed by atoms with van der Waals surface area (Å²) >= 11 is 0. The van der Waals surface area contributed by atoms with Crippen LogP contribution in [0, 0.1) is 5.41 Å². The number of nitrogens with one attached hydrogen (secondary N) is 2. The standard InChI is InChI=1S/C15H28N4O/c1-5-10-16-11(2)13-18-19-14(20-13)17-12-6-8-15(3,4)9-7-12/h11-12,16H,5-10H2,1-4H3,(H,17,19).